The average molecular weight is 407 g/mol. The van der Waals surface area contributed by atoms with E-state index in [1.807, 2.05) is 32.5 Å². The lowest BCUT2D eigenvalue weighted by molar-refractivity contribution is 0.0531. The van der Waals surface area contributed by atoms with Crippen LogP contribution in [0, 0.1) is 20.8 Å². The van der Waals surface area contributed by atoms with Crippen molar-refractivity contribution in [3.63, 3.8) is 0 Å². The lowest BCUT2D eigenvalue weighted by Crippen LogP contribution is -2.39. The first kappa shape index (κ1) is 21.9. The monoisotopic (exact) mass is 406 g/mol. The Balaban J connectivity index is 1.95. The Morgan fingerprint density at radius 1 is 1.32 bits per heavy atom. The molecule has 2 rings (SSSR count). The van der Waals surface area contributed by atoms with Gasteiger partial charge in [0.05, 0.1) is 24.0 Å². The Hall–Kier alpha value is -2.42. The predicted molar refractivity (Wildman–Crippen MR) is 112 cm³/mol. The van der Waals surface area contributed by atoms with Gasteiger partial charge in [-0.05, 0) is 46.6 Å². The van der Waals surface area contributed by atoms with Gasteiger partial charge in [0.1, 0.15) is 9.88 Å². The molecule has 0 aromatic carbocycles. The summed E-state index contributed by atoms with van der Waals surface area (Å²) in [6.45, 7) is 10.8. The third kappa shape index (κ3) is 5.09. The van der Waals surface area contributed by atoms with Gasteiger partial charge in [-0.2, -0.15) is 5.10 Å². The number of carbonyl (C=O) groups excluding carboxylic acids is 1. The second-order valence-electron chi connectivity index (χ2n) is 6.58. The first-order valence-corrected chi connectivity index (χ1v) is 10.2. The molecule has 2 N–H and O–H groups in total. The molecule has 2 heterocycles. The number of ether oxygens (including phenoxy) is 1. The zero-order valence-corrected chi connectivity index (χ0v) is 18.5. The van der Waals surface area contributed by atoms with E-state index >= 15 is 0 Å². The summed E-state index contributed by atoms with van der Waals surface area (Å²) < 4.78 is 7.00. The highest BCUT2D eigenvalue weighted by Gasteiger charge is 2.20. The first-order valence-electron chi connectivity index (χ1n) is 9.39. The maximum absolute atomic E-state index is 12.0. The molecule has 0 aliphatic heterocycles. The van der Waals surface area contributed by atoms with Crippen LogP contribution in [0.15, 0.2) is 4.99 Å². The molecule has 2 aromatic heterocycles. The van der Waals surface area contributed by atoms with Gasteiger partial charge in [0.2, 0.25) is 0 Å². The molecule has 0 spiro atoms. The highest BCUT2D eigenvalue weighted by molar-refractivity contribution is 7.13. The normalized spacial score (nSPS) is 12.8. The summed E-state index contributed by atoms with van der Waals surface area (Å²) in [5.41, 5.74) is 4.19. The summed E-state index contributed by atoms with van der Waals surface area (Å²) in [4.78, 5) is 21.4. The van der Waals surface area contributed by atoms with Crippen molar-refractivity contribution in [2.75, 3.05) is 20.2 Å². The molecule has 0 radical (unpaired) electrons. The van der Waals surface area contributed by atoms with Crippen LogP contribution < -0.4 is 10.6 Å². The zero-order valence-electron chi connectivity index (χ0n) is 17.7. The highest BCUT2D eigenvalue weighted by atomic mass is 32.1. The molecule has 9 heteroatoms. The number of nitrogens with zero attached hydrogens (tertiary/aromatic N) is 4. The van der Waals surface area contributed by atoms with Crippen LogP contribution in [0.5, 0.6) is 0 Å². The molecule has 0 saturated heterocycles. The number of aryl methyl sites for hydroxylation is 3. The van der Waals surface area contributed by atoms with E-state index in [1.165, 1.54) is 22.6 Å². The Bertz CT molecular complexity index is 855. The minimum Gasteiger partial charge on any atom is -0.462 e. The number of thiazole rings is 1. The largest absolute Gasteiger partial charge is 0.462 e. The van der Waals surface area contributed by atoms with Crippen LogP contribution in [-0.2, 0) is 18.2 Å². The van der Waals surface area contributed by atoms with Gasteiger partial charge < -0.3 is 15.4 Å². The number of hydrogen-bond donors (Lipinski definition) is 2. The van der Waals surface area contributed by atoms with Crippen molar-refractivity contribution in [2.24, 2.45) is 12.0 Å². The van der Waals surface area contributed by atoms with E-state index in [9.17, 15) is 4.79 Å². The van der Waals surface area contributed by atoms with Crippen molar-refractivity contribution in [1.29, 1.82) is 0 Å². The first-order chi connectivity index (χ1) is 13.3. The molecule has 0 amide bonds. The van der Waals surface area contributed by atoms with E-state index in [-0.39, 0.29) is 12.0 Å². The summed E-state index contributed by atoms with van der Waals surface area (Å²) in [7, 11) is 3.70. The summed E-state index contributed by atoms with van der Waals surface area (Å²) in [6, 6.07) is -0.0834. The van der Waals surface area contributed by atoms with Crippen molar-refractivity contribution in [2.45, 2.75) is 47.1 Å². The molecule has 8 nitrogen and oxygen atoms in total. The van der Waals surface area contributed by atoms with Crippen LogP contribution in [0.1, 0.15) is 57.2 Å². The number of esters is 1. The standard InChI is InChI=1S/C19H30N6O2S/c1-8-27-18(26)16-12(3)22-17(28-16)13(4)23-19(20-6)21-10-9-15-11(2)24-25(7)14(15)5/h13H,8-10H2,1-7H3,(H2,20,21,23). The Morgan fingerprint density at radius 3 is 2.61 bits per heavy atom. The Morgan fingerprint density at radius 2 is 2.04 bits per heavy atom. The number of carbonyl (C=O) groups is 1. The number of aromatic nitrogens is 3. The summed E-state index contributed by atoms with van der Waals surface area (Å²) >= 11 is 1.35. The molecule has 0 aliphatic carbocycles. The Labute approximate surface area is 170 Å². The molecule has 154 valence electrons. The van der Waals surface area contributed by atoms with Crippen LogP contribution in [-0.4, -0.2) is 46.9 Å². The van der Waals surface area contributed by atoms with Crippen LogP contribution >= 0.6 is 11.3 Å². The fourth-order valence-corrected chi connectivity index (χ4v) is 3.90. The van der Waals surface area contributed by atoms with E-state index in [1.54, 1.807) is 14.0 Å². The summed E-state index contributed by atoms with van der Waals surface area (Å²) in [5.74, 6) is 0.373. The van der Waals surface area contributed by atoms with E-state index in [4.69, 9.17) is 4.74 Å². The molecule has 0 aliphatic rings. The number of guanidine groups is 1. The maximum atomic E-state index is 12.0. The second kappa shape index (κ2) is 9.68. The van der Waals surface area contributed by atoms with Gasteiger partial charge in [-0.25, -0.2) is 9.78 Å². The smallest absolute Gasteiger partial charge is 0.350 e. The highest BCUT2D eigenvalue weighted by Crippen LogP contribution is 2.24. The van der Waals surface area contributed by atoms with E-state index < -0.39 is 0 Å². The molecule has 1 unspecified atom stereocenters. The number of aliphatic imine (C=N–C) groups is 1. The van der Waals surface area contributed by atoms with Crippen molar-refractivity contribution >= 4 is 23.3 Å². The summed E-state index contributed by atoms with van der Waals surface area (Å²) in [6.07, 6.45) is 0.865. The predicted octanol–water partition coefficient (Wildman–Crippen LogP) is 2.45. The number of rotatable bonds is 7. The van der Waals surface area contributed by atoms with Gasteiger partial charge >= 0.3 is 5.97 Å². The van der Waals surface area contributed by atoms with Gasteiger partial charge in [0.15, 0.2) is 5.96 Å². The lowest BCUT2D eigenvalue weighted by Gasteiger charge is -2.16. The zero-order chi connectivity index (χ0) is 20.8. The quantitative estimate of drug-likeness (QED) is 0.417. The van der Waals surface area contributed by atoms with Crippen molar-refractivity contribution in [3.05, 3.63) is 32.5 Å². The fourth-order valence-electron chi connectivity index (χ4n) is 2.94. The van der Waals surface area contributed by atoms with Crippen molar-refractivity contribution in [3.8, 4) is 0 Å². The van der Waals surface area contributed by atoms with Crippen LogP contribution in [0.25, 0.3) is 0 Å². The van der Waals surface area contributed by atoms with E-state index in [2.05, 4.69) is 32.6 Å². The molecule has 0 bridgehead atoms. The minimum absolute atomic E-state index is 0.0834. The molecular formula is C19H30N6O2S. The summed E-state index contributed by atoms with van der Waals surface area (Å²) in [5, 5.41) is 11.9. The number of hydrogen-bond acceptors (Lipinski definition) is 6. The van der Waals surface area contributed by atoms with E-state index in [0.29, 0.717) is 23.1 Å². The van der Waals surface area contributed by atoms with E-state index in [0.717, 1.165) is 23.7 Å². The van der Waals surface area contributed by atoms with Gasteiger partial charge in [0.25, 0.3) is 0 Å². The topological polar surface area (TPSA) is 93.4 Å². The van der Waals surface area contributed by atoms with Crippen molar-refractivity contribution in [1.82, 2.24) is 25.4 Å². The van der Waals surface area contributed by atoms with Crippen LogP contribution in [0.2, 0.25) is 0 Å². The molecule has 1 atom stereocenters. The molecule has 28 heavy (non-hydrogen) atoms. The van der Waals surface area contributed by atoms with Crippen molar-refractivity contribution < 1.29 is 9.53 Å². The van der Waals surface area contributed by atoms with Gasteiger partial charge in [-0.1, -0.05) is 0 Å². The van der Waals surface area contributed by atoms with Crippen LogP contribution in [0.4, 0.5) is 0 Å². The van der Waals surface area contributed by atoms with Crippen LogP contribution in [0.3, 0.4) is 0 Å². The maximum Gasteiger partial charge on any atom is 0.350 e. The Kier molecular flexibility index (Phi) is 7.56. The second-order valence-corrected chi connectivity index (χ2v) is 7.61. The fraction of sp³-hybridized carbons (Fsp3) is 0.579. The molecule has 0 saturated carbocycles. The lowest BCUT2D eigenvalue weighted by atomic mass is 10.1. The number of nitrogens with one attached hydrogen (secondary N) is 2. The molecule has 0 fully saturated rings. The third-order valence-corrected chi connectivity index (χ3v) is 5.87. The molecular weight excluding hydrogens is 376 g/mol. The minimum atomic E-state index is -0.319. The third-order valence-electron chi connectivity index (χ3n) is 4.55. The average Bonchev–Trinajstić information content (AvgIpc) is 3.15. The SMILES string of the molecule is CCOC(=O)c1sc(C(C)NC(=NC)NCCc2c(C)nn(C)c2C)nc1C. The van der Waals surface area contributed by atoms with Gasteiger partial charge in [-0.15, -0.1) is 11.3 Å². The van der Waals surface area contributed by atoms with Gasteiger partial charge in [-0.3, -0.25) is 9.67 Å². The molecule has 2 aromatic rings. The van der Waals surface area contributed by atoms with Gasteiger partial charge in [0, 0.05) is 26.3 Å².